The lowest BCUT2D eigenvalue weighted by Gasteiger charge is -2.13. The molecule has 2 heteroatoms. The third-order valence-electron chi connectivity index (χ3n) is 3.85. The largest absolute Gasteiger partial charge is 0.493 e. The molecular weight excluding hydrogens is 248 g/mol. The van der Waals surface area contributed by atoms with Crippen LogP contribution in [-0.2, 0) is 6.42 Å². The van der Waals surface area contributed by atoms with Crippen molar-refractivity contribution >= 4 is 0 Å². The van der Waals surface area contributed by atoms with Gasteiger partial charge >= 0.3 is 0 Å². The van der Waals surface area contributed by atoms with Crippen LogP contribution in [0.1, 0.15) is 52.0 Å². The van der Waals surface area contributed by atoms with E-state index in [1.54, 1.807) is 14.2 Å². The van der Waals surface area contributed by atoms with Crippen molar-refractivity contribution in [2.24, 2.45) is 11.8 Å². The second kappa shape index (κ2) is 8.89. The van der Waals surface area contributed by atoms with Gasteiger partial charge in [-0.1, -0.05) is 46.1 Å². The fourth-order valence-corrected chi connectivity index (χ4v) is 2.47. The van der Waals surface area contributed by atoms with E-state index in [9.17, 15) is 0 Å². The van der Waals surface area contributed by atoms with Crippen molar-refractivity contribution in [3.63, 3.8) is 0 Å². The van der Waals surface area contributed by atoms with E-state index in [0.717, 1.165) is 29.8 Å². The van der Waals surface area contributed by atoms with Crippen LogP contribution in [0.25, 0.3) is 0 Å². The summed E-state index contributed by atoms with van der Waals surface area (Å²) >= 11 is 0. The van der Waals surface area contributed by atoms with Crippen LogP contribution in [-0.4, -0.2) is 14.2 Å². The SMILES string of the molecule is COc1ccc(CCC(C)CCCC(C)C)cc1OC. The smallest absolute Gasteiger partial charge is 0.160 e. The summed E-state index contributed by atoms with van der Waals surface area (Å²) in [6.07, 6.45) is 6.40. The molecule has 0 aliphatic rings. The Morgan fingerprint density at radius 2 is 1.60 bits per heavy atom. The van der Waals surface area contributed by atoms with E-state index >= 15 is 0 Å². The zero-order valence-corrected chi connectivity index (χ0v) is 13.7. The third-order valence-corrected chi connectivity index (χ3v) is 3.85. The summed E-state index contributed by atoms with van der Waals surface area (Å²) in [5.74, 6) is 3.26. The van der Waals surface area contributed by atoms with Crippen molar-refractivity contribution in [3.05, 3.63) is 23.8 Å². The van der Waals surface area contributed by atoms with E-state index < -0.39 is 0 Å². The molecule has 1 aromatic carbocycles. The van der Waals surface area contributed by atoms with Gasteiger partial charge in [0.15, 0.2) is 11.5 Å². The Kier molecular flexibility index (Phi) is 7.50. The topological polar surface area (TPSA) is 18.5 Å². The first-order valence-electron chi connectivity index (χ1n) is 7.77. The average Bonchev–Trinajstić information content (AvgIpc) is 2.44. The molecule has 1 rings (SSSR count). The molecule has 20 heavy (non-hydrogen) atoms. The van der Waals surface area contributed by atoms with Crippen LogP contribution in [0.2, 0.25) is 0 Å². The Labute approximate surface area is 124 Å². The lowest BCUT2D eigenvalue weighted by molar-refractivity contribution is 0.354. The molecule has 0 spiro atoms. The highest BCUT2D eigenvalue weighted by atomic mass is 16.5. The standard InChI is InChI=1S/C18H30O2/c1-14(2)7-6-8-15(3)9-10-16-11-12-17(19-4)18(13-16)20-5/h11-15H,6-10H2,1-5H3. The first kappa shape index (κ1) is 16.9. The number of benzene rings is 1. The van der Waals surface area contributed by atoms with Gasteiger partial charge in [-0.2, -0.15) is 0 Å². The molecule has 0 amide bonds. The molecule has 1 aromatic rings. The van der Waals surface area contributed by atoms with Crippen LogP contribution in [0.3, 0.4) is 0 Å². The van der Waals surface area contributed by atoms with Crippen molar-refractivity contribution in [2.45, 2.75) is 52.9 Å². The van der Waals surface area contributed by atoms with Gasteiger partial charge in [0.05, 0.1) is 14.2 Å². The maximum absolute atomic E-state index is 5.35. The minimum atomic E-state index is 0.793. The number of rotatable bonds is 9. The van der Waals surface area contributed by atoms with Gasteiger partial charge in [0.1, 0.15) is 0 Å². The highest BCUT2D eigenvalue weighted by Gasteiger charge is 2.07. The lowest BCUT2D eigenvalue weighted by Crippen LogP contribution is -2.00. The van der Waals surface area contributed by atoms with Crippen molar-refractivity contribution in [1.29, 1.82) is 0 Å². The Bertz CT molecular complexity index is 385. The van der Waals surface area contributed by atoms with E-state index in [-0.39, 0.29) is 0 Å². The van der Waals surface area contributed by atoms with E-state index in [1.165, 1.54) is 31.2 Å². The van der Waals surface area contributed by atoms with Crippen molar-refractivity contribution < 1.29 is 9.47 Å². The molecule has 0 aromatic heterocycles. The monoisotopic (exact) mass is 278 g/mol. The molecule has 0 fully saturated rings. The van der Waals surface area contributed by atoms with E-state index in [2.05, 4.69) is 32.9 Å². The van der Waals surface area contributed by atoms with Gasteiger partial charge in [0.25, 0.3) is 0 Å². The molecule has 1 atom stereocenters. The summed E-state index contributed by atoms with van der Waals surface area (Å²) in [6.45, 7) is 6.96. The first-order valence-corrected chi connectivity index (χ1v) is 7.77. The first-order chi connectivity index (χ1) is 9.56. The summed E-state index contributed by atoms with van der Waals surface area (Å²) in [6, 6.07) is 6.24. The molecule has 0 heterocycles. The Hall–Kier alpha value is -1.18. The summed E-state index contributed by atoms with van der Waals surface area (Å²) in [5, 5.41) is 0. The highest BCUT2D eigenvalue weighted by Crippen LogP contribution is 2.28. The summed E-state index contributed by atoms with van der Waals surface area (Å²) in [7, 11) is 3.37. The molecule has 0 N–H and O–H groups in total. The molecule has 0 saturated heterocycles. The summed E-state index contributed by atoms with van der Waals surface area (Å²) in [5.41, 5.74) is 1.33. The zero-order valence-electron chi connectivity index (χ0n) is 13.7. The van der Waals surface area contributed by atoms with Crippen molar-refractivity contribution in [3.8, 4) is 11.5 Å². The van der Waals surface area contributed by atoms with Gasteiger partial charge in [0.2, 0.25) is 0 Å². The van der Waals surface area contributed by atoms with Crippen LogP contribution >= 0.6 is 0 Å². The minimum Gasteiger partial charge on any atom is -0.493 e. The maximum atomic E-state index is 5.35. The Morgan fingerprint density at radius 1 is 0.900 bits per heavy atom. The van der Waals surface area contributed by atoms with Crippen LogP contribution < -0.4 is 9.47 Å². The van der Waals surface area contributed by atoms with Crippen LogP contribution in [0.5, 0.6) is 11.5 Å². The van der Waals surface area contributed by atoms with E-state index in [1.807, 2.05) is 6.07 Å². The number of ether oxygens (including phenoxy) is 2. The predicted molar refractivity (Wildman–Crippen MR) is 85.7 cm³/mol. The van der Waals surface area contributed by atoms with Crippen LogP contribution in [0.4, 0.5) is 0 Å². The molecule has 0 bridgehead atoms. The van der Waals surface area contributed by atoms with Gasteiger partial charge in [0, 0.05) is 0 Å². The lowest BCUT2D eigenvalue weighted by atomic mass is 9.94. The number of methoxy groups -OCH3 is 2. The molecule has 0 saturated carbocycles. The second-order valence-electron chi connectivity index (χ2n) is 6.16. The molecule has 114 valence electrons. The summed E-state index contributed by atoms with van der Waals surface area (Å²) in [4.78, 5) is 0. The van der Waals surface area contributed by atoms with Crippen molar-refractivity contribution in [1.82, 2.24) is 0 Å². The molecule has 0 radical (unpaired) electrons. The normalized spacial score (nSPS) is 12.5. The average molecular weight is 278 g/mol. The molecule has 0 aliphatic heterocycles. The van der Waals surface area contributed by atoms with E-state index in [0.29, 0.717) is 0 Å². The maximum Gasteiger partial charge on any atom is 0.160 e. The second-order valence-corrected chi connectivity index (χ2v) is 6.16. The van der Waals surface area contributed by atoms with Gasteiger partial charge in [-0.3, -0.25) is 0 Å². The fourth-order valence-electron chi connectivity index (χ4n) is 2.47. The fraction of sp³-hybridized carbons (Fsp3) is 0.667. The number of aryl methyl sites for hydroxylation is 1. The van der Waals surface area contributed by atoms with Crippen LogP contribution in [0.15, 0.2) is 18.2 Å². The quantitative estimate of drug-likeness (QED) is 0.625. The minimum absolute atomic E-state index is 0.793. The van der Waals surface area contributed by atoms with E-state index in [4.69, 9.17) is 9.47 Å². The molecule has 1 unspecified atom stereocenters. The molecule has 2 nitrogen and oxygen atoms in total. The van der Waals surface area contributed by atoms with Gasteiger partial charge in [-0.05, 0) is 42.4 Å². The predicted octanol–water partition coefficient (Wildman–Crippen LogP) is 5.10. The zero-order chi connectivity index (χ0) is 15.0. The van der Waals surface area contributed by atoms with Gasteiger partial charge in [-0.25, -0.2) is 0 Å². The summed E-state index contributed by atoms with van der Waals surface area (Å²) < 4.78 is 10.6. The number of hydrogen-bond donors (Lipinski definition) is 0. The molecule has 0 aliphatic carbocycles. The Morgan fingerprint density at radius 3 is 2.20 bits per heavy atom. The third kappa shape index (κ3) is 5.85. The van der Waals surface area contributed by atoms with Gasteiger partial charge < -0.3 is 9.47 Å². The molecular formula is C18H30O2. The van der Waals surface area contributed by atoms with Crippen molar-refractivity contribution in [2.75, 3.05) is 14.2 Å². The van der Waals surface area contributed by atoms with Crippen LogP contribution in [0, 0.1) is 11.8 Å². The highest BCUT2D eigenvalue weighted by molar-refractivity contribution is 5.42. The van der Waals surface area contributed by atoms with Gasteiger partial charge in [-0.15, -0.1) is 0 Å². The Balaban J connectivity index is 2.41. The number of hydrogen-bond acceptors (Lipinski definition) is 2.